The first-order chi connectivity index (χ1) is 8.11. The van der Waals surface area contributed by atoms with Crippen molar-refractivity contribution in [3.63, 3.8) is 0 Å². The highest BCUT2D eigenvalue weighted by Gasteiger charge is 2.08. The van der Waals surface area contributed by atoms with Crippen LogP contribution < -0.4 is 5.73 Å². The van der Waals surface area contributed by atoms with Crippen molar-refractivity contribution in [1.82, 2.24) is 9.80 Å². The van der Waals surface area contributed by atoms with Gasteiger partial charge in [0, 0.05) is 32.2 Å². The van der Waals surface area contributed by atoms with E-state index in [-0.39, 0.29) is 0 Å². The molecular weight excluding hydrogens is 210 g/mol. The lowest BCUT2D eigenvalue weighted by Crippen LogP contribution is -2.40. The van der Waals surface area contributed by atoms with Gasteiger partial charge < -0.3 is 10.6 Å². The molecule has 0 atom stereocenters. The summed E-state index contributed by atoms with van der Waals surface area (Å²) >= 11 is 0. The van der Waals surface area contributed by atoms with Crippen LogP contribution in [-0.4, -0.2) is 55.6 Å². The monoisotopic (exact) mass is 247 g/mol. The predicted molar refractivity (Wildman–Crippen MR) is 81.6 cm³/mol. The summed E-state index contributed by atoms with van der Waals surface area (Å²) in [7, 11) is 2.15. The molecule has 0 aliphatic carbocycles. The largest absolute Gasteiger partial charge is 0.329 e. The Balaban J connectivity index is -0.000000439. The Kier molecular flexibility index (Phi) is 23.7. The van der Waals surface area contributed by atoms with Gasteiger partial charge in [-0.15, -0.1) is 0 Å². The van der Waals surface area contributed by atoms with E-state index in [1.54, 1.807) is 0 Å². The summed E-state index contributed by atoms with van der Waals surface area (Å²) in [5, 5.41) is 0. The summed E-state index contributed by atoms with van der Waals surface area (Å²) in [6, 6.07) is 0.605. The highest BCUT2D eigenvalue weighted by Crippen LogP contribution is 1.96. The van der Waals surface area contributed by atoms with Crippen molar-refractivity contribution in [3.8, 4) is 0 Å². The molecule has 0 aliphatic rings. The summed E-state index contributed by atoms with van der Waals surface area (Å²) in [5.41, 5.74) is 5.55. The summed E-state index contributed by atoms with van der Waals surface area (Å²) in [4.78, 5) is 4.75. The molecule has 0 aromatic rings. The number of hydrogen-bond donors (Lipinski definition) is 1. The standard InChI is InChI=1S/C10H25N3.2C2H6/c1-5-12(4)8-9-13(7-6-11)10(2)3;2*1-2/h10H,5-9,11H2,1-4H3;2*1-2H3. The summed E-state index contributed by atoms with van der Waals surface area (Å²) < 4.78 is 0. The molecule has 0 bridgehead atoms. The predicted octanol–water partition coefficient (Wildman–Crippen LogP) is 2.66. The Labute approximate surface area is 110 Å². The van der Waals surface area contributed by atoms with Gasteiger partial charge in [0.15, 0.2) is 0 Å². The lowest BCUT2D eigenvalue weighted by atomic mass is 10.3. The van der Waals surface area contributed by atoms with E-state index >= 15 is 0 Å². The van der Waals surface area contributed by atoms with E-state index in [9.17, 15) is 0 Å². The first-order valence-electron chi connectivity index (χ1n) is 7.24. The van der Waals surface area contributed by atoms with Crippen molar-refractivity contribution in [2.75, 3.05) is 39.8 Å². The lowest BCUT2D eigenvalue weighted by molar-refractivity contribution is 0.196. The van der Waals surface area contributed by atoms with E-state index in [0.29, 0.717) is 6.04 Å². The van der Waals surface area contributed by atoms with Gasteiger partial charge in [0.25, 0.3) is 0 Å². The normalized spacial score (nSPS) is 9.88. The van der Waals surface area contributed by atoms with Crippen LogP contribution in [0, 0.1) is 0 Å². The average Bonchev–Trinajstić information content (AvgIpc) is 2.38. The molecule has 0 aromatic carbocycles. The zero-order valence-corrected chi connectivity index (χ0v) is 13.6. The maximum Gasteiger partial charge on any atom is 0.0112 e. The van der Waals surface area contributed by atoms with Crippen LogP contribution in [0.25, 0.3) is 0 Å². The van der Waals surface area contributed by atoms with Gasteiger partial charge in [0.05, 0.1) is 0 Å². The molecule has 0 rings (SSSR count). The molecule has 0 fully saturated rings. The van der Waals surface area contributed by atoms with Crippen molar-refractivity contribution >= 4 is 0 Å². The molecule has 3 nitrogen and oxygen atoms in total. The van der Waals surface area contributed by atoms with Crippen molar-refractivity contribution < 1.29 is 0 Å². The Bertz CT molecular complexity index is 116. The lowest BCUT2D eigenvalue weighted by Gasteiger charge is -2.27. The zero-order valence-electron chi connectivity index (χ0n) is 13.6. The Hall–Kier alpha value is -0.120. The summed E-state index contributed by atoms with van der Waals surface area (Å²) in [5.74, 6) is 0. The van der Waals surface area contributed by atoms with Crippen LogP contribution in [0.1, 0.15) is 48.5 Å². The number of rotatable bonds is 7. The molecule has 0 heterocycles. The Morgan fingerprint density at radius 2 is 1.41 bits per heavy atom. The molecule has 0 spiro atoms. The number of nitrogens with two attached hydrogens (primary N) is 1. The number of nitrogens with zero attached hydrogens (tertiary/aromatic N) is 2. The van der Waals surface area contributed by atoms with Gasteiger partial charge in [0.1, 0.15) is 0 Å². The van der Waals surface area contributed by atoms with Gasteiger partial charge in [-0.2, -0.15) is 0 Å². The van der Waals surface area contributed by atoms with Crippen LogP contribution in [-0.2, 0) is 0 Å². The quantitative estimate of drug-likeness (QED) is 0.751. The van der Waals surface area contributed by atoms with Crippen LogP contribution >= 0.6 is 0 Å². The zero-order chi connectivity index (χ0) is 14.3. The fraction of sp³-hybridized carbons (Fsp3) is 1.00. The van der Waals surface area contributed by atoms with Crippen LogP contribution in [0.2, 0.25) is 0 Å². The van der Waals surface area contributed by atoms with E-state index in [1.165, 1.54) is 0 Å². The molecule has 0 saturated heterocycles. The van der Waals surface area contributed by atoms with Crippen LogP contribution in [0.3, 0.4) is 0 Å². The fourth-order valence-electron chi connectivity index (χ4n) is 1.25. The average molecular weight is 247 g/mol. The maximum absolute atomic E-state index is 5.55. The molecule has 0 amide bonds. The minimum atomic E-state index is 0.605. The molecule has 0 radical (unpaired) electrons. The third kappa shape index (κ3) is 15.9. The third-order valence-electron chi connectivity index (χ3n) is 2.46. The summed E-state index contributed by atoms with van der Waals surface area (Å²) in [6.45, 7) is 19.8. The van der Waals surface area contributed by atoms with E-state index in [2.05, 4.69) is 37.6 Å². The smallest absolute Gasteiger partial charge is 0.0112 e. The van der Waals surface area contributed by atoms with Crippen molar-refractivity contribution in [3.05, 3.63) is 0 Å². The van der Waals surface area contributed by atoms with Crippen molar-refractivity contribution in [1.29, 1.82) is 0 Å². The minimum absolute atomic E-state index is 0.605. The highest BCUT2D eigenvalue weighted by atomic mass is 15.2. The molecule has 0 unspecified atom stereocenters. The van der Waals surface area contributed by atoms with E-state index in [4.69, 9.17) is 5.73 Å². The molecule has 0 aliphatic heterocycles. The minimum Gasteiger partial charge on any atom is -0.329 e. The van der Waals surface area contributed by atoms with E-state index in [1.807, 2.05) is 27.7 Å². The molecule has 108 valence electrons. The first-order valence-corrected chi connectivity index (χ1v) is 7.24. The Morgan fingerprint density at radius 1 is 0.941 bits per heavy atom. The summed E-state index contributed by atoms with van der Waals surface area (Å²) in [6.07, 6.45) is 0. The Morgan fingerprint density at radius 3 is 1.71 bits per heavy atom. The van der Waals surface area contributed by atoms with Crippen LogP contribution in [0.4, 0.5) is 0 Å². The van der Waals surface area contributed by atoms with Crippen LogP contribution in [0.5, 0.6) is 0 Å². The topological polar surface area (TPSA) is 32.5 Å². The molecule has 3 heteroatoms. The van der Waals surface area contributed by atoms with Gasteiger partial charge in [-0.3, -0.25) is 4.90 Å². The molecule has 0 saturated carbocycles. The van der Waals surface area contributed by atoms with Gasteiger partial charge in [-0.1, -0.05) is 34.6 Å². The second kappa shape index (κ2) is 18.3. The second-order valence-electron chi connectivity index (χ2n) is 3.81. The fourth-order valence-corrected chi connectivity index (χ4v) is 1.25. The van der Waals surface area contributed by atoms with Gasteiger partial charge in [-0.05, 0) is 27.4 Å². The van der Waals surface area contributed by atoms with Crippen molar-refractivity contribution in [2.24, 2.45) is 5.73 Å². The first kappa shape index (κ1) is 22.1. The molecule has 17 heavy (non-hydrogen) atoms. The SMILES string of the molecule is CC.CC.CCN(C)CCN(CCN)C(C)C. The molecule has 2 N–H and O–H groups in total. The van der Waals surface area contributed by atoms with E-state index in [0.717, 1.165) is 32.7 Å². The number of hydrogen-bond acceptors (Lipinski definition) is 3. The second-order valence-corrected chi connectivity index (χ2v) is 3.81. The molecular formula is C14H37N3. The molecule has 0 aromatic heterocycles. The van der Waals surface area contributed by atoms with E-state index < -0.39 is 0 Å². The van der Waals surface area contributed by atoms with Crippen LogP contribution in [0.15, 0.2) is 0 Å². The van der Waals surface area contributed by atoms with Gasteiger partial charge in [0.2, 0.25) is 0 Å². The maximum atomic E-state index is 5.55. The van der Waals surface area contributed by atoms with Gasteiger partial charge >= 0.3 is 0 Å². The number of likely N-dealkylation sites (N-methyl/N-ethyl adjacent to an activating group) is 1. The van der Waals surface area contributed by atoms with Crippen molar-refractivity contribution in [2.45, 2.75) is 54.5 Å². The third-order valence-corrected chi connectivity index (χ3v) is 2.46. The van der Waals surface area contributed by atoms with Gasteiger partial charge in [-0.25, -0.2) is 0 Å². The highest BCUT2D eigenvalue weighted by molar-refractivity contribution is 4.64.